The minimum atomic E-state index is -0.590. The molecule has 1 saturated heterocycles. The van der Waals surface area contributed by atoms with Crippen molar-refractivity contribution in [3.8, 4) is 5.75 Å². The van der Waals surface area contributed by atoms with Crippen LogP contribution in [0.4, 0.5) is 4.79 Å². The van der Waals surface area contributed by atoms with Gasteiger partial charge in [0.15, 0.2) is 0 Å². The molecule has 6 nitrogen and oxygen atoms in total. The first-order valence-corrected chi connectivity index (χ1v) is 11.2. The fourth-order valence-electron chi connectivity index (χ4n) is 3.82. The molecule has 3 rings (SSSR count). The van der Waals surface area contributed by atoms with E-state index in [1.54, 1.807) is 9.80 Å². The van der Waals surface area contributed by atoms with Gasteiger partial charge in [0.2, 0.25) is 0 Å². The number of rotatable bonds is 8. The van der Waals surface area contributed by atoms with Gasteiger partial charge in [0.1, 0.15) is 24.0 Å². The van der Waals surface area contributed by atoms with Crippen LogP contribution >= 0.6 is 0 Å². The Morgan fingerprint density at radius 3 is 2.34 bits per heavy atom. The molecule has 2 aromatic rings. The summed E-state index contributed by atoms with van der Waals surface area (Å²) in [6.45, 7) is 11.4. The third-order valence-electron chi connectivity index (χ3n) is 5.26. The number of hydrogen-bond acceptors (Lipinski definition) is 4. The summed E-state index contributed by atoms with van der Waals surface area (Å²) in [6.07, 6.45) is 0. The first-order valence-electron chi connectivity index (χ1n) is 11.2. The average molecular weight is 439 g/mol. The molecule has 1 heterocycles. The van der Waals surface area contributed by atoms with Gasteiger partial charge in [-0.15, -0.1) is 0 Å². The third-order valence-corrected chi connectivity index (χ3v) is 5.26. The van der Waals surface area contributed by atoms with Gasteiger partial charge in [-0.05, 0) is 49.9 Å². The van der Waals surface area contributed by atoms with Crippen LogP contribution in [-0.4, -0.2) is 46.5 Å². The smallest absolute Gasteiger partial charge is 0.329 e. The maximum Gasteiger partial charge on any atom is 0.329 e. The normalized spacial score (nSPS) is 15.2. The molecule has 0 aromatic heterocycles. The van der Waals surface area contributed by atoms with E-state index in [1.807, 2.05) is 89.2 Å². The second kappa shape index (κ2) is 10.1. The molecule has 6 heteroatoms. The summed E-state index contributed by atoms with van der Waals surface area (Å²) in [5.41, 5.74) is 1.50. The lowest BCUT2D eigenvalue weighted by atomic mass is 10.0. The first kappa shape index (κ1) is 23.6. The second-order valence-electron chi connectivity index (χ2n) is 9.54. The summed E-state index contributed by atoms with van der Waals surface area (Å²) >= 11 is 0. The number of amides is 2. The number of esters is 1. The van der Waals surface area contributed by atoms with Gasteiger partial charge >= 0.3 is 12.0 Å². The number of benzene rings is 2. The van der Waals surface area contributed by atoms with E-state index >= 15 is 0 Å². The summed E-state index contributed by atoms with van der Waals surface area (Å²) in [7, 11) is 0. The van der Waals surface area contributed by atoms with Gasteiger partial charge in [-0.2, -0.15) is 0 Å². The first-order chi connectivity index (χ1) is 15.1. The van der Waals surface area contributed by atoms with E-state index in [4.69, 9.17) is 9.47 Å². The van der Waals surface area contributed by atoms with Gasteiger partial charge in [0, 0.05) is 19.6 Å². The highest BCUT2D eigenvalue weighted by atomic mass is 16.6. The van der Waals surface area contributed by atoms with Gasteiger partial charge in [-0.3, -0.25) is 0 Å². The third kappa shape index (κ3) is 6.25. The molecular formula is C26H34N2O4. The molecule has 0 saturated carbocycles. The zero-order valence-corrected chi connectivity index (χ0v) is 19.7. The van der Waals surface area contributed by atoms with Gasteiger partial charge < -0.3 is 19.3 Å². The van der Waals surface area contributed by atoms with Crippen LogP contribution in [0.3, 0.4) is 0 Å². The maximum absolute atomic E-state index is 13.1. The van der Waals surface area contributed by atoms with Gasteiger partial charge in [0.05, 0.1) is 0 Å². The van der Waals surface area contributed by atoms with Crippen LogP contribution < -0.4 is 4.74 Å². The summed E-state index contributed by atoms with van der Waals surface area (Å²) in [6, 6.07) is 17.1. The minimum Gasteiger partial charge on any atom is -0.489 e. The van der Waals surface area contributed by atoms with Crippen LogP contribution in [0.5, 0.6) is 5.75 Å². The van der Waals surface area contributed by atoms with Crippen molar-refractivity contribution in [3.05, 3.63) is 65.7 Å². The molecule has 0 radical (unpaired) electrons. The highest BCUT2D eigenvalue weighted by Crippen LogP contribution is 2.24. The average Bonchev–Trinajstić information content (AvgIpc) is 3.06. The van der Waals surface area contributed by atoms with Crippen LogP contribution in [0.1, 0.15) is 45.7 Å². The Morgan fingerprint density at radius 2 is 1.69 bits per heavy atom. The van der Waals surface area contributed by atoms with E-state index in [9.17, 15) is 9.59 Å². The zero-order valence-electron chi connectivity index (χ0n) is 19.7. The second-order valence-corrected chi connectivity index (χ2v) is 9.54. The standard InChI is InChI=1S/C26H34N2O4/c1-19(2)23(24(29)32-26(3,4)5)28-15-14-27(25(28)30)17-21-12-9-13-22(16-21)31-18-20-10-7-6-8-11-20/h6-13,16,19,23H,14-15,17-18H2,1-5H3. The summed E-state index contributed by atoms with van der Waals surface area (Å²) in [5, 5.41) is 0. The van der Waals surface area contributed by atoms with Gasteiger partial charge in [-0.25, -0.2) is 9.59 Å². The molecule has 0 N–H and O–H groups in total. The molecule has 1 aliphatic rings. The topological polar surface area (TPSA) is 59.1 Å². The van der Waals surface area contributed by atoms with Crippen LogP contribution in [0.25, 0.3) is 0 Å². The van der Waals surface area contributed by atoms with Crippen molar-refractivity contribution in [1.82, 2.24) is 9.80 Å². The Bertz CT molecular complexity index is 921. The van der Waals surface area contributed by atoms with Crippen molar-refractivity contribution in [2.45, 2.75) is 59.4 Å². The quantitative estimate of drug-likeness (QED) is 0.552. The summed E-state index contributed by atoms with van der Waals surface area (Å²) < 4.78 is 11.5. The molecule has 172 valence electrons. The molecule has 0 aliphatic carbocycles. The summed E-state index contributed by atoms with van der Waals surface area (Å²) in [5.74, 6) is 0.381. The Kier molecular flexibility index (Phi) is 7.44. The van der Waals surface area contributed by atoms with Crippen molar-refractivity contribution < 1.29 is 19.1 Å². The van der Waals surface area contributed by atoms with E-state index in [0.29, 0.717) is 26.2 Å². The summed E-state index contributed by atoms with van der Waals surface area (Å²) in [4.78, 5) is 29.3. The van der Waals surface area contributed by atoms with Crippen LogP contribution in [-0.2, 0) is 22.7 Å². The molecule has 1 atom stereocenters. The Balaban J connectivity index is 1.64. The largest absolute Gasteiger partial charge is 0.489 e. The lowest BCUT2D eigenvalue weighted by Gasteiger charge is -2.32. The number of carbonyl (C=O) groups excluding carboxylic acids is 2. The molecular weight excluding hydrogens is 404 g/mol. The van der Waals surface area contributed by atoms with Crippen LogP contribution in [0.15, 0.2) is 54.6 Å². The molecule has 0 bridgehead atoms. The Labute approximate surface area is 191 Å². The molecule has 0 spiro atoms. The molecule has 2 aromatic carbocycles. The lowest BCUT2D eigenvalue weighted by molar-refractivity contribution is -0.161. The van der Waals surface area contributed by atoms with Gasteiger partial charge in [-0.1, -0.05) is 56.3 Å². The highest BCUT2D eigenvalue weighted by Gasteiger charge is 2.40. The Hall–Kier alpha value is -3.02. The van der Waals surface area contributed by atoms with E-state index in [-0.39, 0.29) is 17.9 Å². The predicted octanol–water partition coefficient (Wildman–Crippen LogP) is 4.87. The van der Waals surface area contributed by atoms with Crippen molar-refractivity contribution in [1.29, 1.82) is 0 Å². The SMILES string of the molecule is CC(C)C(C(=O)OC(C)(C)C)N1CCN(Cc2cccc(OCc3ccccc3)c2)C1=O. The fraction of sp³-hybridized carbons (Fsp3) is 0.462. The number of hydrogen-bond donors (Lipinski definition) is 0. The maximum atomic E-state index is 13.1. The van der Waals surface area contributed by atoms with E-state index in [2.05, 4.69) is 0 Å². The number of ether oxygens (including phenoxy) is 2. The number of carbonyl (C=O) groups is 2. The van der Waals surface area contributed by atoms with E-state index < -0.39 is 11.6 Å². The highest BCUT2D eigenvalue weighted by molar-refractivity contribution is 5.85. The Morgan fingerprint density at radius 1 is 1.00 bits per heavy atom. The minimum absolute atomic E-state index is 0.0385. The molecule has 32 heavy (non-hydrogen) atoms. The predicted molar refractivity (Wildman–Crippen MR) is 124 cm³/mol. The van der Waals surface area contributed by atoms with E-state index in [1.165, 1.54) is 0 Å². The molecule has 1 unspecified atom stereocenters. The van der Waals surface area contributed by atoms with Crippen LogP contribution in [0, 0.1) is 5.92 Å². The lowest BCUT2D eigenvalue weighted by Crippen LogP contribution is -2.49. The number of urea groups is 1. The zero-order chi connectivity index (χ0) is 23.3. The fourth-order valence-corrected chi connectivity index (χ4v) is 3.82. The van der Waals surface area contributed by atoms with Gasteiger partial charge in [0.25, 0.3) is 0 Å². The molecule has 1 aliphatic heterocycles. The number of nitrogens with zero attached hydrogens (tertiary/aromatic N) is 2. The molecule has 2 amide bonds. The van der Waals surface area contributed by atoms with Crippen molar-refractivity contribution in [2.75, 3.05) is 13.1 Å². The van der Waals surface area contributed by atoms with E-state index in [0.717, 1.165) is 16.9 Å². The van der Waals surface area contributed by atoms with Crippen molar-refractivity contribution in [2.24, 2.45) is 5.92 Å². The van der Waals surface area contributed by atoms with Crippen LogP contribution in [0.2, 0.25) is 0 Å². The van der Waals surface area contributed by atoms with Crippen molar-refractivity contribution >= 4 is 12.0 Å². The van der Waals surface area contributed by atoms with Crippen molar-refractivity contribution in [3.63, 3.8) is 0 Å². The monoisotopic (exact) mass is 438 g/mol. The molecule has 1 fully saturated rings.